The predicted octanol–water partition coefficient (Wildman–Crippen LogP) is 2.04. The Hall–Kier alpha value is -1.55. The normalized spacial score (nSPS) is 11.9. The third-order valence-electron chi connectivity index (χ3n) is 2.37. The lowest BCUT2D eigenvalue weighted by Crippen LogP contribution is -2.16. The maximum atomic E-state index is 11.1. The van der Waals surface area contributed by atoms with E-state index in [1.165, 1.54) is 7.11 Å². The summed E-state index contributed by atoms with van der Waals surface area (Å²) in [7, 11) is 1.36. The SMILES string of the molecule is CCCOc1cccc([C@@H](N)CC(=O)OC)c1. The molecule has 0 aromatic heterocycles. The highest BCUT2D eigenvalue weighted by Crippen LogP contribution is 2.20. The summed E-state index contributed by atoms with van der Waals surface area (Å²) in [5.74, 6) is 0.474. The molecular formula is C13H19NO3. The average molecular weight is 237 g/mol. The third kappa shape index (κ3) is 4.44. The highest BCUT2D eigenvalue weighted by molar-refractivity contribution is 5.70. The molecule has 0 saturated heterocycles. The molecule has 0 amide bonds. The quantitative estimate of drug-likeness (QED) is 0.769. The zero-order valence-corrected chi connectivity index (χ0v) is 10.3. The van der Waals surface area contributed by atoms with Crippen molar-refractivity contribution in [3.8, 4) is 5.75 Å². The van der Waals surface area contributed by atoms with Crippen molar-refractivity contribution in [2.45, 2.75) is 25.8 Å². The van der Waals surface area contributed by atoms with Gasteiger partial charge in [0.2, 0.25) is 0 Å². The fourth-order valence-electron chi connectivity index (χ4n) is 1.44. The average Bonchev–Trinajstić information content (AvgIpc) is 2.36. The molecule has 1 aromatic rings. The van der Waals surface area contributed by atoms with Crippen LogP contribution in [0.15, 0.2) is 24.3 Å². The van der Waals surface area contributed by atoms with Gasteiger partial charge in [-0.3, -0.25) is 4.79 Å². The van der Waals surface area contributed by atoms with Crippen LogP contribution in [0, 0.1) is 0 Å². The Bertz CT molecular complexity index is 365. The van der Waals surface area contributed by atoms with Gasteiger partial charge in [0.15, 0.2) is 0 Å². The first-order chi connectivity index (χ1) is 8.17. The van der Waals surface area contributed by atoms with Crippen molar-refractivity contribution in [3.63, 3.8) is 0 Å². The Labute approximate surface area is 102 Å². The van der Waals surface area contributed by atoms with Gasteiger partial charge in [0.25, 0.3) is 0 Å². The van der Waals surface area contributed by atoms with E-state index in [4.69, 9.17) is 10.5 Å². The van der Waals surface area contributed by atoms with Crippen molar-refractivity contribution in [1.82, 2.24) is 0 Å². The van der Waals surface area contributed by atoms with Crippen LogP contribution in [-0.4, -0.2) is 19.7 Å². The van der Waals surface area contributed by atoms with Gasteiger partial charge in [-0.1, -0.05) is 19.1 Å². The van der Waals surface area contributed by atoms with Gasteiger partial charge < -0.3 is 15.2 Å². The fraction of sp³-hybridized carbons (Fsp3) is 0.462. The number of carbonyl (C=O) groups excluding carboxylic acids is 1. The van der Waals surface area contributed by atoms with E-state index in [2.05, 4.69) is 4.74 Å². The monoisotopic (exact) mass is 237 g/mol. The van der Waals surface area contributed by atoms with Crippen LogP contribution < -0.4 is 10.5 Å². The summed E-state index contributed by atoms with van der Waals surface area (Å²) in [6, 6.07) is 7.14. The number of hydrogen-bond acceptors (Lipinski definition) is 4. The Kier molecular flexibility index (Phi) is 5.49. The molecule has 0 radical (unpaired) electrons. The maximum Gasteiger partial charge on any atom is 0.307 e. The zero-order chi connectivity index (χ0) is 12.7. The van der Waals surface area contributed by atoms with Crippen molar-refractivity contribution in [2.24, 2.45) is 5.73 Å². The molecular weight excluding hydrogens is 218 g/mol. The molecule has 0 aliphatic heterocycles. The minimum Gasteiger partial charge on any atom is -0.494 e. The highest BCUT2D eigenvalue weighted by Gasteiger charge is 2.12. The minimum atomic E-state index is -0.354. The molecule has 94 valence electrons. The Morgan fingerprint density at radius 3 is 2.88 bits per heavy atom. The molecule has 0 aliphatic carbocycles. The lowest BCUT2D eigenvalue weighted by molar-refractivity contribution is -0.141. The number of nitrogens with two attached hydrogens (primary N) is 1. The van der Waals surface area contributed by atoms with Crippen LogP contribution >= 0.6 is 0 Å². The molecule has 17 heavy (non-hydrogen) atoms. The number of esters is 1. The molecule has 1 rings (SSSR count). The molecule has 4 heteroatoms. The molecule has 0 aliphatic rings. The van der Waals surface area contributed by atoms with Gasteiger partial charge in [-0.25, -0.2) is 0 Å². The van der Waals surface area contributed by atoms with Crippen LogP contribution in [0.2, 0.25) is 0 Å². The number of hydrogen-bond donors (Lipinski definition) is 1. The summed E-state index contributed by atoms with van der Waals surface area (Å²) in [4.78, 5) is 11.1. The standard InChI is InChI=1S/C13H19NO3/c1-3-7-17-11-6-4-5-10(8-11)12(14)9-13(15)16-2/h4-6,8,12H,3,7,9,14H2,1-2H3/t12-/m0/s1. The molecule has 1 atom stereocenters. The van der Waals surface area contributed by atoms with Gasteiger partial charge in [-0.2, -0.15) is 0 Å². The Morgan fingerprint density at radius 2 is 2.24 bits per heavy atom. The smallest absolute Gasteiger partial charge is 0.307 e. The summed E-state index contributed by atoms with van der Waals surface area (Å²) in [5.41, 5.74) is 6.79. The second kappa shape index (κ2) is 6.91. The van der Waals surface area contributed by atoms with E-state index < -0.39 is 0 Å². The molecule has 0 saturated carbocycles. The van der Waals surface area contributed by atoms with Crippen LogP contribution in [-0.2, 0) is 9.53 Å². The van der Waals surface area contributed by atoms with E-state index in [1.54, 1.807) is 0 Å². The maximum absolute atomic E-state index is 11.1. The van der Waals surface area contributed by atoms with Crippen LogP contribution in [0.1, 0.15) is 31.4 Å². The van der Waals surface area contributed by atoms with E-state index >= 15 is 0 Å². The summed E-state index contributed by atoms with van der Waals surface area (Å²) in [6.07, 6.45) is 1.13. The summed E-state index contributed by atoms with van der Waals surface area (Å²) in [5, 5.41) is 0. The third-order valence-corrected chi connectivity index (χ3v) is 2.37. The van der Waals surface area contributed by atoms with Crippen LogP contribution in [0.4, 0.5) is 0 Å². The Morgan fingerprint density at radius 1 is 1.47 bits per heavy atom. The van der Waals surface area contributed by atoms with Gasteiger partial charge in [0, 0.05) is 6.04 Å². The number of carbonyl (C=O) groups is 1. The predicted molar refractivity (Wildman–Crippen MR) is 65.8 cm³/mol. The fourth-order valence-corrected chi connectivity index (χ4v) is 1.44. The number of benzene rings is 1. The van der Waals surface area contributed by atoms with Crippen LogP contribution in [0.25, 0.3) is 0 Å². The molecule has 2 N–H and O–H groups in total. The molecule has 0 bridgehead atoms. The van der Waals surface area contributed by atoms with Gasteiger partial charge >= 0.3 is 5.97 Å². The second-order valence-electron chi connectivity index (χ2n) is 3.81. The van der Waals surface area contributed by atoms with Gasteiger partial charge in [-0.15, -0.1) is 0 Å². The lowest BCUT2D eigenvalue weighted by Gasteiger charge is -2.12. The number of methoxy groups -OCH3 is 1. The van der Waals surface area contributed by atoms with Crippen molar-refractivity contribution in [3.05, 3.63) is 29.8 Å². The zero-order valence-electron chi connectivity index (χ0n) is 10.3. The van der Waals surface area contributed by atoms with Crippen molar-refractivity contribution < 1.29 is 14.3 Å². The van der Waals surface area contributed by atoms with E-state index in [1.807, 2.05) is 31.2 Å². The van der Waals surface area contributed by atoms with E-state index in [0.29, 0.717) is 6.61 Å². The molecule has 4 nitrogen and oxygen atoms in total. The summed E-state index contributed by atoms with van der Waals surface area (Å²) >= 11 is 0. The largest absolute Gasteiger partial charge is 0.494 e. The molecule has 0 unspecified atom stereocenters. The molecule has 1 aromatic carbocycles. The molecule has 0 fully saturated rings. The lowest BCUT2D eigenvalue weighted by atomic mass is 10.0. The number of ether oxygens (including phenoxy) is 2. The molecule has 0 heterocycles. The van der Waals surface area contributed by atoms with Gasteiger partial charge in [0.1, 0.15) is 5.75 Å². The van der Waals surface area contributed by atoms with Crippen LogP contribution in [0.3, 0.4) is 0 Å². The Balaban J connectivity index is 2.66. The van der Waals surface area contributed by atoms with E-state index in [-0.39, 0.29) is 18.4 Å². The van der Waals surface area contributed by atoms with Gasteiger partial charge in [-0.05, 0) is 24.1 Å². The van der Waals surface area contributed by atoms with Gasteiger partial charge in [0.05, 0.1) is 20.1 Å². The highest BCUT2D eigenvalue weighted by atomic mass is 16.5. The first-order valence-corrected chi connectivity index (χ1v) is 5.72. The van der Waals surface area contributed by atoms with Crippen molar-refractivity contribution >= 4 is 5.97 Å². The molecule has 0 spiro atoms. The van der Waals surface area contributed by atoms with Crippen LogP contribution in [0.5, 0.6) is 5.75 Å². The first-order valence-electron chi connectivity index (χ1n) is 5.72. The first kappa shape index (κ1) is 13.5. The minimum absolute atomic E-state index is 0.174. The summed E-state index contributed by atoms with van der Waals surface area (Å²) in [6.45, 7) is 2.72. The number of rotatable bonds is 6. The van der Waals surface area contributed by atoms with Crippen molar-refractivity contribution in [1.29, 1.82) is 0 Å². The van der Waals surface area contributed by atoms with E-state index in [0.717, 1.165) is 17.7 Å². The second-order valence-corrected chi connectivity index (χ2v) is 3.81. The van der Waals surface area contributed by atoms with E-state index in [9.17, 15) is 4.79 Å². The van der Waals surface area contributed by atoms with Crippen molar-refractivity contribution in [2.75, 3.05) is 13.7 Å². The summed E-state index contributed by atoms with van der Waals surface area (Å²) < 4.78 is 10.1. The topological polar surface area (TPSA) is 61.5 Å².